The van der Waals surface area contributed by atoms with E-state index < -0.39 is 0 Å². The van der Waals surface area contributed by atoms with E-state index in [1.54, 1.807) is 48.0 Å². The number of benzene rings is 2. The van der Waals surface area contributed by atoms with Gasteiger partial charge in [0.25, 0.3) is 5.91 Å². The lowest BCUT2D eigenvalue weighted by molar-refractivity contribution is 0.0950. The highest BCUT2D eigenvalue weighted by atomic mass is 32.1. The summed E-state index contributed by atoms with van der Waals surface area (Å²) in [6.07, 6.45) is 3.24. The summed E-state index contributed by atoms with van der Waals surface area (Å²) in [5.74, 6) is 0.388. The second-order valence-electron chi connectivity index (χ2n) is 6.13. The van der Waals surface area contributed by atoms with Gasteiger partial charge in [-0.1, -0.05) is 6.07 Å². The predicted molar refractivity (Wildman–Crippen MR) is 109 cm³/mol. The average molecular weight is 405 g/mol. The maximum atomic E-state index is 13.0. The van der Waals surface area contributed by atoms with Crippen molar-refractivity contribution in [3.05, 3.63) is 94.8 Å². The molecular formula is C22H16FN3O2S. The number of carbonyl (C=O) groups is 1. The molecule has 0 aliphatic rings. The molecule has 4 rings (SSSR count). The summed E-state index contributed by atoms with van der Waals surface area (Å²) in [5.41, 5.74) is 2.87. The monoisotopic (exact) mass is 405 g/mol. The number of amides is 1. The van der Waals surface area contributed by atoms with Crippen molar-refractivity contribution in [2.75, 3.05) is 0 Å². The van der Waals surface area contributed by atoms with Crippen LogP contribution < -0.4 is 10.1 Å². The second-order valence-corrected chi connectivity index (χ2v) is 6.91. The van der Waals surface area contributed by atoms with Crippen LogP contribution in [0.2, 0.25) is 0 Å². The fourth-order valence-corrected chi connectivity index (χ4v) is 3.38. The van der Waals surface area contributed by atoms with Crippen LogP contribution in [-0.4, -0.2) is 15.9 Å². The van der Waals surface area contributed by atoms with Gasteiger partial charge in [0.05, 0.1) is 17.9 Å². The molecule has 7 heteroatoms. The number of thiophene rings is 1. The summed E-state index contributed by atoms with van der Waals surface area (Å²) >= 11 is 1.58. The van der Waals surface area contributed by atoms with Gasteiger partial charge in [0, 0.05) is 28.9 Å². The van der Waals surface area contributed by atoms with E-state index in [-0.39, 0.29) is 18.3 Å². The third kappa shape index (κ3) is 4.64. The smallest absolute Gasteiger partial charge is 0.251 e. The maximum Gasteiger partial charge on any atom is 0.251 e. The van der Waals surface area contributed by atoms with Gasteiger partial charge in [-0.05, 0) is 53.9 Å². The zero-order valence-corrected chi connectivity index (χ0v) is 16.0. The second kappa shape index (κ2) is 8.62. The van der Waals surface area contributed by atoms with Gasteiger partial charge in [0.1, 0.15) is 17.3 Å². The Hall–Kier alpha value is -3.58. The third-order valence-corrected chi connectivity index (χ3v) is 4.81. The normalized spacial score (nSPS) is 10.5. The van der Waals surface area contributed by atoms with E-state index in [0.717, 1.165) is 11.3 Å². The molecule has 2 aromatic heterocycles. The summed E-state index contributed by atoms with van der Waals surface area (Å²) in [7, 11) is 0. The molecule has 0 bridgehead atoms. The summed E-state index contributed by atoms with van der Waals surface area (Å²) in [6.45, 7) is 0.251. The molecule has 29 heavy (non-hydrogen) atoms. The molecule has 0 saturated heterocycles. The highest BCUT2D eigenvalue weighted by molar-refractivity contribution is 7.08. The van der Waals surface area contributed by atoms with Gasteiger partial charge in [-0.2, -0.15) is 11.3 Å². The maximum absolute atomic E-state index is 13.0. The van der Waals surface area contributed by atoms with Crippen LogP contribution in [-0.2, 0) is 6.54 Å². The molecule has 2 heterocycles. The molecule has 0 unspecified atom stereocenters. The Morgan fingerprint density at radius 2 is 1.86 bits per heavy atom. The van der Waals surface area contributed by atoms with Crippen LogP contribution in [0, 0.1) is 5.82 Å². The zero-order chi connectivity index (χ0) is 20.1. The molecule has 0 spiro atoms. The SMILES string of the molecule is O=C(NCc1nccnc1-c1ccsc1)c1cccc(Oc2ccc(F)cc2)c1. The lowest BCUT2D eigenvalue weighted by atomic mass is 10.1. The standard InChI is InChI=1S/C22H16FN3O2S/c23-17-4-6-18(7-5-17)28-19-3-1-2-15(12-19)22(27)26-13-20-21(25-10-9-24-20)16-8-11-29-14-16/h1-12,14H,13H2,(H,26,27). The molecule has 0 aliphatic carbocycles. The number of hydrogen-bond donors (Lipinski definition) is 1. The lowest BCUT2D eigenvalue weighted by Gasteiger charge is -2.10. The number of hydrogen-bond acceptors (Lipinski definition) is 5. The summed E-state index contributed by atoms with van der Waals surface area (Å²) in [4.78, 5) is 21.3. The van der Waals surface area contributed by atoms with Crippen molar-refractivity contribution < 1.29 is 13.9 Å². The van der Waals surface area contributed by atoms with Gasteiger partial charge in [-0.25, -0.2) is 4.39 Å². The first kappa shape index (κ1) is 18.8. The number of ether oxygens (including phenoxy) is 1. The van der Waals surface area contributed by atoms with E-state index in [4.69, 9.17) is 4.74 Å². The van der Waals surface area contributed by atoms with Gasteiger partial charge < -0.3 is 10.1 Å². The summed E-state index contributed by atoms with van der Waals surface area (Å²) in [6, 6.07) is 14.5. The Balaban J connectivity index is 1.45. The van der Waals surface area contributed by atoms with Gasteiger partial charge in [0.2, 0.25) is 0 Å². The number of rotatable bonds is 6. The van der Waals surface area contributed by atoms with Gasteiger partial charge in [-0.3, -0.25) is 14.8 Å². The Kier molecular flexibility index (Phi) is 5.58. The molecule has 0 atom stereocenters. The van der Waals surface area contributed by atoms with Crippen LogP contribution in [0.15, 0.2) is 77.8 Å². The molecule has 0 radical (unpaired) electrons. The van der Waals surface area contributed by atoms with Crippen LogP contribution in [0.25, 0.3) is 11.3 Å². The molecule has 0 saturated carbocycles. The van der Waals surface area contributed by atoms with Crippen molar-refractivity contribution >= 4 is 17.2 Å². The van der Waals surface area contributed by atoms with Gasteiger partial charge >= 0.3 is 0 Å². The first-order valence-corrected chi connectivity index (χ1v) is 9.77. The van der Waals surface area contributed by atoms with Crippen LogP contribution in [0.1, 0.15) is 16.1 Å². The number of nitrogens with zero attached hydrogens (tertiary/aromatic N) is 2. The average Bonchev–Trinajstić information content (AvgIpc) is 3.29. The van der Waals surface area contributed by atoms with Crippen molar-refractivity contribution in [2.24, 2.45) is 0 Å². The first-order chi connectivity index (χ1) is 14.2. The van der Waals surface area contributed by atoms with Crippen molar-refractivity contribution in [2.45, 2.75) is 6.54 Å². The van der Waals surface area contributed by atoms with E-state index >= 15 is 0 Å². The van der Waals surface area contributed by atoms with E-state index in [2.05, 4.69) is 15.3 Å². The molecule has 0 aliphatic heterocycles. The Bertz CT molecular complexity index is 1120. The molecule has 1 amide bonds. The van der Waals surface area contributed by atoms with Crippen LogP contribution >= 0.6 is 11.3 Å². The Morgan fingerprint density at radius 1 is 1.03 bits per heavy atom. The van der Waals surface area contributed by atoms with Crippen LogP contribution in [0.3, 0.4) is 0 Å². The highest BCUT2D eigenvalue weighted by Gasteiger charge is 2.12. The van der Waals surface area contributed by atoms with Crippen LogP contribution in [0.5, 0.6) is 11.5 Å². The van der Waals surface area contributed by atoms with Gasteiger partial charge in [-0.15, -0.1) is 0 Å². The number of nitrogens with one attached hydrogen (secondary N) is 1. The number of aromatic nitrogens is 2. The Labute approximate surface area is 170 Å². The quantitative estimate of drug-likeness (QED) is 0.487. The van der Waals surface area contributed by atoms with E-state index in [9.17, 15) is 9.18 Å². The first-order valence-electron chi connectivity index (χ1n) is 8.83. The van der Waals surface area contributed by atoms with E-state index in [1.807, 2.05) is 16.8 Å². The molecule has 2 aromatic carbocycles. The molecular weight excluding hydrogens is 389 g/mol. The van der Waals surface area contributed by atoms with Crippen molar-refractivity contribution in [1.29, 1.82) is 0 Å². The number of halogens is 1. The van der Waals surface area contributed by atoms with E-state index in [0.29, 0.717) is 22.8 Å². The van der Waals surface area contributed by atoms with Crippen molar-refractivity contribution in [1.82, 2.24) is 15.3 Å². The topological polar surface area (TPSA) is 64.1 Å². The van der Waals surface area contributed by atoms with Crippen molar-refractivity contribution in [3.63, 3.8) is 0 Å². The highest BCUT2D eigenvalue weighted by Crippen LogP contribution is 2.24. The largest absolute Gasteiger partial charge is 0.457 e. The molecule has 5 nitrogen and oxygen atoms in total. The zero-order valence-electron chi connectivity index (χ0n) is 15.2. The van der Waals surface area contributed by atoms with E-state index in [1.165, 1.54) is 24.3 Å². The summed E-state index contributed by atoms with van der Waals surface area (Å²) in [5, 5.41) is 6.84. The minimum atomic E-state index is -0.337. The molecule has 1 N–H and O–H groups in total. The fraction of sp³-hybridized carbons (Fsp3) is 0.0455. The lowest BCUT2D eigenvalue weighted by Crippen LogP contribution is -2.23. The van der Waals surface area contributed by atoms with Gasteiger partial charge in [0.15, 0.2) is 0 Å². The van der Waals surface area contributed by atoms with Crippen molar-refractivity contribution in [3.8, 4) is 22.8 Å². The minimum absolute atomic E-state index is 0.251. The minimum Gasteiger partial charge on any atom is -0.457 e. The molecule has 4 aromatic rings. The Morgan fingerprint density at radius 3 is 2.66 bits per heavy atom. The predicted octanol–water partition coefficient (Wildman–Crippen LogP) is 5.07. The van der Waals surface area contributed by atoms with Crippen LogP contribution in [0.4, 0.5) is 4.39 Å². The summed E-state index contributed by atoms with van der Waals surface area (Å²) < 4.78 is 18.7. The molecule has 0 fully saturated rings. The molecule has 144 valence electrons. The fourth-order valence-electron chi connectivity index (χ4n) is 2.74. The number of carbonyl (C=O) groups excluding carboxylic acids is 1. The third-order valence-electron chi connectivity index (χ3n) is 4.13.